The van der Waals surface area contributed by atoms with Crippen LogP contribution < -0.4 is 0 Å². The molecule has 6 rings (SSSR count). The van der Waals surface area contributed by atoms with Gasteiger partial charge in [0, 0.05) is 0 Å². The Morgan fingerprint density at radius 2 is 1.43 bits per heavy atom. The van der Waals surface area contributed by atoms with E-state index in [1.165, 1.54) is 0 Å². The number of hydrogen-bond acceptors (Lipinski definition) is 15. The molecule has 0 aromatic carbocycles. The minimum Gasteiger partial charge on any atom is -0.356 e. The van der Waals surface area contributed by atoms with Gasteiger partial charge < -0.3 is 15.3 Å². The lowest BCUT2D eigenvalue weighted by Gasteiger charge is -2.54. The second kappa shape index (κ2) is 3.43. The number of rotatable bonds is 1. The summed E-state index contributed by atoms with van der Waals surface area (Å²) in [6.45, 7) is 0. The Balaban J connectivity index is 1.84. The van der Waals surface area contributed by atoms with Crippen LogP contribution in [0.2, 0.25) is 0 Å². The molecule has 23 heavy (non-hydrogen) atoms. The van der Waals surface area contributed by atoms with E-state index in [-0.39, 0.29) is 0 Å². The van der Waals surface area contributed by atoms with Crippen LogP contribution in [-0.2, 0) is 55.2 Å². The first-order chi connectivity index (χ1) is 10.4. The Hall–Kier alpha value is -0.0800. The Morgan fingerprint density at radius 1 is 0.826 bits per heavy atom. The number of ether oxygens (including phenoxy) is 1. The first-order valence-electron chi connectivity index (χ1n) is 5.52. The van der Waals surface area contributed by atoms with Crippen LogP contribution in [0.3, 0.4) is 0 Å². The topological polar surface area (TPSA) is 203 Å². The minimum absolute atomic E-state index is 3.06. The van der Waals surface area contributed by atoms with Gasteiger partial charge in [0.05, 0.1) is 0 Å². The molecule has 0 aliphatic carbocycles. The molecule has 15 nitrogen and oxygen atoms in total. The van der Waals surface area contributed by atoms with Gasteiger partial charge in [0.15, 0.2) is 0 Å². The lowest BCUT2D eigenvalue weighted by Crippen LogP contribution is -2.85. The van der Waals surface area contributed by atoms with Crippen LogP contribution in [-0.4, -0.2) is 44.2 Å². The van der Waals surface area contributed by atoms with Gasteiger partial charge in [-0.3, -0.25) is 4.74 Å². The van der Waals surface area contributed by atoms with Crippen LogP contribution in [0.25, 0.3) is 0 Å². The Morgan fingerprint density at radius 3 is 2.00 bits per heavy atom. The van der Waals surface area contributed by atoms with Crippen molar-refractivity contribution in [2.45, 2.75) is 28.9 Å². The molecule has 0 radical (unpaired) electrons. The molecule has 128 valence electrons. The third-order valence-corrected chi connectivity index (χ3v) is 7.24. The molecule has 6 aliphatic rings. The maximum absolute atomic E-state index is 12.0. The van der Waals surface area contributed by atoms with E-state index in [2.05, 4.69) is 36.9 Å². The molecular formula is C5H3O15P3. The van der Waals surface area contributed by atoms with Gasteiger partial charge in [-0.25, -0.2) is 40.9 Å². The number of hydrogen-bond donors (Lipinski definition) is 3. The van der Waals surface area contributed by atoms with E-state index in [1.54, 1.807) is 0 Å². The summed E-state index contributed by atoms with van der Waals surface area (Å²) in [7, 11) is -13.5. The Labute approximate surface area is 123 Å². The van der Waals surface area contributed by atoms with Crippen molar-refractivity contribution in [2.24, 2.45) is 0 Å². The molecule has 0 saturated carbocycles. The SMILES string of the molecule is O=P(=O)[C@@]1(O)OC23OP(=O)(O2)O[C@]3(O)[C@@]23OOP(=O)(O[C@]21O)O3. The van der Waals surface area contributed by atoms with Crippen molar-refractivity contribution in [1.82, 2.24) is 0 Å². The summed E-state index contributed by atoms with van der Waals surface area (Å²) < 4.78 is 78.0. The summed E-state index contributed by atoms with van der Waals surface area (Å²) >= 11 is 0. The Kier molecular flexibility index (Phi) is 2.26. The highest BCUT2D eigenvalue weighted by Gasteiger charge is 3.04. The standard InChI is InChI=1S/C5H3O15P3/c6-1-3(14-20-23(12,15-1)17-3)2(7)5(13-4(1,8)21(9)10)18-22(11,16-2)19-5/h6-8H/t1-,2-,3-,4+,5?,22?,23?/m1/s1. The van der Waals surface area contributed by atoms with Crippen molar-refractivity contribution < 1.29 is 70.5 Å². The van der Waals surface area contributed by atoms with Crippen LogP contribution in [0.4, 0.5) is 0 Å². The monoisotopic (exact) mass is 396 g/mol. The predicted molar refractivity (Wildman–Crippen MR) is 52.5 cm³/mol. The smallest absolute Gasteiger partial charge is 0.356 e. The zero-order chi connectivity index (χ0) is 16.7. The van der Waals surface area contributed by atoms with Crippen LogP contribution in [0.15, 0.2) is 0 Å². The quantitative estimate of drug-likeness (QED) is 0.354. The van der Waals surface area contributed by atoms with Crippen LogP contribution in [0.1, 0.15) is 0 Å². The van der Waals surface area contributed by atoms with Crippen molar-refractivity contribution in [3.05, 3.63) is 0 Å². The average molecular weight is 396 g/mol. The largest absolute Gasteiger partial charge is 0.508 e. The lowest BCUT2D eigenvalue weighted by atomic mass is 9.90. The molecule has 5 atom stereocenters. The van der Waals surface area contributed by atoms with E-state index in [9.17, 15) is 33.6 Å². The molecule has 4 bridgehead atoms. The first kappa shape index (κ1) is 15.2. The number of aliphatic hydroxyl groups is 3. The summed E-state index contributed by atoms with van der Waals surface area (Å²) in [5.74, 6) is -13.5. The van der Waals surface area contributed by atoms with E-state index in [0.29, 0.717) is 0 Å². The third kappa shape index (κ3) is 1.21. The van der Waals surface area contributed by atoms with Crippen molar-refractivity contribution in [1.29, 1.82) is 0 Å². The second-order valence-corrected chi connectivity index (χ2v) is 8.91. The van der Waals surface area contributed by atoms with E-state index < -0.39 is 52.2 Å². The summed E-state index contributed by atoms with van der Waals surface area (Å²) in [6.07, 6.45) is 0. The van der Waals surface area contributed by atoms with Crippen molar-refractivity contribution in [2.75, 3.05) is 0 Å². The van der Waals surface area contributed by atoms with Gasteiger partial charge in [-0.2, -0.15) is 4.89 Å². The maximum Gasteiger partial charge on any atom is 0.508 e. The molecule has 2 spiro atoms. The number of fused-ring (bicyclic) bond motifs is 1. The first-order valence-corrected chi connectivity index (χ1v) is 9.62. The highest BCUT2D eigenvalue weighted by atomic mass is 31.2. The van der Waals surface area contributed by atoms with E-state index >= 15 is 0 Å². The molecule has 6 aliphatic heterocycles. The number of phosphoric ester groups is 2. The van der Waals surface area contributed by atoms with Crippen molar-refractivity contribution in [3.63, 3.8) is 0 Å². The van der Waals surface area contributed by atoms with Crippen molar-refractivity contribution in [3.8, 4) is 0 Å². The fourth-order valence-corrected chi connectivity index (χ4v) is 6.46. The van der Waals surface area contributed by atoms with Crippen LogP contribution in [0.5, 0.6) is 0 Å². The second-order valence-electron chi connectivity index (χ2n) is 4.94. The fraction of sp³-hybridized carbons (Fsp3) is 1.00. The van der Waals surface area contributed by atoms with E-state index in [4.69, 9.17) is 0 Å². The Bertz CT molecular complexity index is 815. The normalized spacial score (nSPS) is 68.3. The molecule has 6 heterocycles. The summed E-state index contributed by atoms with van der Waals surface area (Å²) in [5, 5.41) is 31.2. The minimum atomic E-state index is -4.82. The molecule has 6 fully saturated rings. The van der Waals surface area contributed by atoms with Gasteiger partial charge in [-0.15, -0.1) is 4.67 Å². The molecule has 0 amide bonds. The van der Waals surface area contributed by atoms with Crippen molar-refractivity contribution >= 4 is 23.3 Å². The molecular weight excluding hydrogens is 393 g/mol. The highest BCUT2D eigenvalue weighted by Crippen LogP contribution is 2.88. The van der Waals surface area contributed by atoms with Gasteiger partial charge in [0.1, 0.15) is 0 Å². The predicted octanol–water partition coefficient (Wildman–Crippen LogP) is -1.14. The van der Waals surface area contributed by atoms with Crippen LogP contribution in [0, 0.1) is 0 Å². The van der Waals surface area contributed by atoms with E-state index in [0.717, 1.165) is 0 Å². The zero-order valence-electron chi connectivity index (χ0n) is 10.1. The van der Waals surface area contributed by atoms with Gasteiger partial charge in [-0.1, -0.05) is 0 Å². The molecule has 18 heteroatoms. The molecule has 1 unspecified atom stereocenters. The summed E-state index contributed by atoms with van der Waals surface area (Å²) in [4.78, 5) is 4.43. The fourth-order valence-electron chi connectivity index (χ4n) is 2.75. The third-order valence-electron chi connectivity index (χ3n) is 3.71. The highest BCUT2D eigenvalue weighted by molar-refractivity contribution is 7.50. The van der Waals surface area contributed by atoms with Gasteiger partial charge in [0.2, 0.25) is 0 Å². The van der Waals surface area contributed by atoms with Gasteiger partial charge in [-0.05, 0) is 0 Å². The van der Waals surface area contributed by atoms with Gasteiger partial charge in [0.25, 0.3) is 0 Å². The molecule has 6 saturated heterocycles. The molecule has 0 aromatic heterocycles. The molecule has 0 aromatic rings. The van der Waals surface area contributed by atoms with Crippen LogP contribution >= 0.6 is 23.3 Å². The zero-order valence-corrected chi connectivity index (χ0v) is 12.8. The summed E-state index contributed by atoms with van der Waals surface area (Å²) in [6, 6.07) is 0. The average Bonchev–Trinajstić information content (AvgIpc) is 2.98. The summed E-state index contributed by atoms with van der Waals surface area (Å²) in [5.41, 5.74) is -3.79. The maximum atomic E-state index is 12.0. The lowest BCUT2D eigenvalue weighted by molar-refractivity contribution is -0.603. The van der Waals surface area contributed by atoms with E-state index in [1.807, 2.05) is 0 Å². The van der Waals surface area contributed by atoms with Gasteiger partial charge >= 0.3 is 52.2 Å². The number of phosphoric acid groups is 2. The molecule has 3 N–H and O–H groups in total.